The van der Waals surface area contributed by atoms with Crippen molar-refractivity contribution in [2.24, 2.45) is 4.99 Å². The standard InChI is InChI=1S/C22H26N2O5/c1-6-24(7-2)22(25)17-11-20-21(29-13-28-20)12-18(17)23-14(3)16-10-15(26-4)8-9-19(16)27-5/h8-12H,6-7,13H2,1-5H3. The number of nitrogens with zero attached hydrogens (tertiary/aromatic N) is 2. The van der Waals surface area contributed by atoms with E-state index in [1.54, 1.807) is 31.3 Å². The van der Waals surface area contributed by atoms with Gasteiger partial charge in [-0.05, 0) is 45.0 Å². The zero-order valence-corrected chi connectivity index (χ0v) is 17.4. The minimum Gasteiger partial charge on any atom is -0.497 e. The van der Waals surface area contributed by atoms with Gasteiger partial charge in [0.2, 0.25) is 6.79 Å². The summed E-state index contributed by atoms with van der Waals surface area (Å²) in [5.41, 5.74) is 2.46. The molecule has 0 radical (unpaired) electrons. The van der Waals surface area contributed by atoms with E-state index in [9.17, 15) is 4.79 Å². The largest absolute Gasteiger partial charge is 0.497 e. The Labute approximate surface area is 170 Å². The Morgan fingerprint density at radius 1 is 1.03 bits per heavy atom. The number of fused-ring (bicyclic) bond motifs is 1. The molecule has 0 fully saturated rings. The third kappa shape index (κ3) is 4.13. The van der Waals surface area contributed by atoms with Gasteiger partial charge in [0.15, 0.2) is 11.5 Å². The maximum absolute atomic E-state index is 13.1. The van der Waals surface area contributed by atoms with Gasteiger partial charge < -0.3 is 23.8 Å². The van der Waals surface area contributed by atoms with Crippen molar-refractivity contribution < 1.29 is 23.7 Å². The molecular formula is C22H26N2O5. The summed E-state index contributed by atoms with van der Waals surface area (Å²) >= 11 is 0. The molecule has 1 heterocycles. The summed E-state index contributed by atoms with van der Waals surface area (Å²) in [4.78, 5) is 19.6. The number of carbonyl (C=O) groups excluding carboxylic acids is 1. The molecular weight excluding hydrogens is 372 g/mol. The predicted octanol–water partition coefficient (Wildman–Crippen LogP) is 4.06. The van der Waals surface area contributed by atoms with Crippen molar-refractivity contribution in [3.63, 3.8) is 0 Å². The second kappa shape index (κ2) is 8.86. The number of ether oxygens (including phenoxy) is 4. The molecule has 0 aliphatic carbocycles. The first-order chi connectivity index (χ1) is 14.0. The Morgan fingerprint density at radius 2 is 1.72 bits per heavy atom. The van der Waals surface area contributed by atoms with E-state index in [-0.39, 0.29) is 12.7 Å². The van der Waals surface area contributed by atoms with Crippen LogP contribution in [0.3, 0.4) is 0 Å². The number of rotatable bonds is 7. The summed E-state index contributed by atoms with van der Waals surface area (Å²) in [6.45, 7) is 7.11. The molecule has 7 nitrogen and oxygen atoms in total. The van der Waals surface area contributed by atoms with Crippen molar-refractivity contribution in [3.05, 3.63) is 41.5 Å². The molecule has 7 heteroatoms. The molecule has 1 aliphatic heterocycles. The molecule has 0 N–H and O–H groups in total. The average molecular weight is 398 g/mol. The highest BCUT2D eigenvalue weighted by molar-refractivity contribution is 6.06. The van der Waals surface area contributed by atoms with Gasteiger partial charge in [0, 0.05) is 30.4 Å². The maximum Gasteiger partial charge on any atom is 0.256 e. The van der Waals surface area contributed by atoms with E-state index >= 15 is 0 Å². The molecule has 0 aromatic heterocycles. The molecule has 2 aromatic carbocycles. The van der Waals surface area contributed by atoms with E-state index in [4.69, 9.17) is 23.9 Å². The van der Waals surface area contributed by atoms with Gasteiger partial charge in [-0.1, -0.05) is 0 Å². The smallest absolute Gasteiger partial charge is 0.256 e. The number of hydrogen-bond acceptors (Lipinski definition) is 6. The summed E-state index contributed by atoms with van der Waals surface area (Å²) < 4.78 is 21.8. The lowest BCUT2D eigenvalue weighted by Gasteiger charge is -2.20. The van der Waals surface area contributed by atoms with Crippen molar-refractivity contribution in [1.29, 1.82) is 0 Å². The van der Waals surface area contributed by atoms with Crippen LogP contribution in [0.1, 0.15) is 36.7 Å². The molecule has 29 heavy (non-hydrogen) atoms. The minimum atomic E-state index is -0.0996. The molecule has 2 aromatic rings. The molecule has 0 atom stereocenters. The van der Waals surface area contributed by atoms with E-state index in [0.717, 1.165) is 5.56 Å². The van der Waals surface area contributed by atoms with Crippen LogP contribution in [0.25, 0.3) is 0 Å². The third-order valence-corrected chi connectivity index (χ3v) is 4.86. The van der Waals surface area contributed by atoms with Crippen LogP contribution in [0.4, 0.5) is 5.69 Å². The van der Waals surface area contributed by atoms with Crippen LogP contribution < -0.4 is 18.9 Å². The van der Waals surface area contributed by atoms with Gasteiger partial charge in [0.05, 0.1) is 25.5 Å². The SMILES string of the molecule is CCN(CC)C(=O)c1cc2c(cc1N=C(C)c1cc(OC)ccc1OC)OCO2. The van der Waals surface area contributed by atoms with Gasteiger partial charge in [0.1, 0.15) is 11.5 Å². The monoisotopic (exact) mass is 398 g/mol. The molecule has 0 saturated heterocycles. The molecule has 3 rings (SSSR count). The van der Waals surface area contributed by atoms with Gasteiger partial charge >= 0.3 is 0 Å². The fourth-order valence-corrected chi connectivity index (χ4v) is 3.21. The summed E-state index contributed by atoms with van der Waals surface area (Å²) in [7, 11) is 3.21. The van der Waals surface area contributed by atoms with Crippen molar-refractivity contribution in [1.82, 2.24) is 4.90 Å². The maximum atomic E-state index is 13.1. The first kappa shape index (κ1) is 20.5. The second-order valence-electron chi connectivity index (χ2n) is 6.46. The highest BCUT2D eigenvalue weighted by Crippen LogP contribution is 2.39. The van der Waals surface area contributed by atoms with Crippen molar-refractivity contribution in [2.45, 2.75) is 20.8 Å². The normalized spacial score (nSPS) is 12.7. The predicted molar refractivity (Wildman–Crippen MR) is 111 cm³/mol. The van der Waals surface area contributed by atoms with Crippen LogP contribution >= 0.6 is 0 Å². The van der Waals surface area contributed by atoms with Crippen molar-refractivity contribution in [2.75, 3.05) is 34.1 Å². The zero-order valence-electron chi connectivity index (χ0n) is 17.4. The number of aliphatic imine (C=N–C) groups is 1. The van der Waals surface area contributed by atoms with Crippen LogP contribution in [-0.2, 0) is 0 Å². The van der Waals surface area contributed by atoms with E-state index in [1.165, 1.54) is 0 Å². The van der Waals surface area contributed by atoms with Crippen molar-refractivity contribution in [3.8, 4) is 23.0 Å². The summed E-state index contributed by atoms with van der Waals surface area (Å²) in [5.74, 6) is 2.39. The highest BCUT2D eigenvalue weighted by Gasteiger charge is 2.23. The Balaban J connectivity index is 2.11. The van der Waals surface area contributed by atoms with E-state index in [0.29, 0.717) is 53.1 Å². The van der Waals surface area contributed by atoms with Crippen LogP contribution in [-0.4, -0.2) is 50.6 Å². The van der Waals surface area contributed by atoms with Gasteiger partial charge in [-0.25, -0.2) is 0 Å². The number of hydrogen-bond donors (Lipinski definition) is 0. The molecule has 0 bridgehead atoms. The Kier molecular flexibility index (Phi) is 6.26. The lowest BCUT2D eigenvalue weighted by molar-refractivity contribution is 0.0773. The molecule has 1 aliphatic rings. The molecule has 1 amide bonds. The summed E-state index contributed by atoms with van der Waals surface area (Å²) in [5, 5.41) is 0. The first-order valence-corrected chi connectivity index (χ1v) is 9.52. The van der Waals surface area contributed by atoms with E-state index in [1.807, 2.05) is 39.0 Å². The highest BCUT2D eigenvalue weighted by atomic mass is 16.7. The van der Waals surface area contributed by atoms with Gasteiger partial charge in [0.25, 0.3) is 5.91 Å². The molecule has 0 spiro atoms. The number of methoxy groups -OCH3 is 2. The van der Waals surface area contributed by atoms with Crippen molar-refractivity contribution >= 4 is 17.3 Å². The third-order valence-electron chi connectivity index (χ3n) is 4.86. The first-order valence-electron chi connectivity index (χ1n) is 9.52. The van der Waals surface area contributed by atoms with E-state index < -0.39 is 0 Å². The molecule has 0 unspecified atom stereocenters. The van der Waals surface area contributed by atoms with Gasteiger partial charge in [-0.2, -0.15) is 0 Å². The zero-order chi connectivity index (χ0) is 21.0. The Morgan fingerprint density at radius 3 is 2.34 bits per heavy atom. The Bertz CT molecular complexity index is 935. The van der Waals surface area contributed by atoms with E-state index in [2.05, 4.69) is 0 Å². The van der Waals surface area contributed by atoms with Crippen LogP contribution in [0.15, 0.2) is 35.3 Å². The quantitative estimate of drug-likeness (QED) is 0.658. The Hall–Kier alpha value is -3.22. The fraction of sp³-hybridized carbons (Fsp3) is 0.364. The summed E-state index contributed by atoms with van der Waals surface area (Å²) in [6, 6.07) is 8.96. The lowest BCUT2D eigenvalue weighted by Crippen LogP contribution is -2.30. The fourth-order valence-electron chi connectivity index (χ4n) is 3.21. The number of carbonyl (C=O) groups is 1. The van der Waals surface area contributed by atoms with Crippen LogP contribution in [0.2, 0.25) is 0 Å². The minimum absolute atomic E-state index is 0.0996. The van der Waals surface area contributed by atoms with Gasteiger partial charge in [-0.3, -0.25) is 9.79 Å². The average Bonchev–Trinajstić information content (AvgIpc) is 3.20. The lowest BCUT2D eigenvalue weighted by atomic mass is 10.1. The van der Waals surface area contributed by atoms with Crippen LogP contribution in [0, 0.1) is 0 Å². The van der Waals surface area contributed by atoms with Crippen LogP contribution in [0.5, 0.6) is 23.0 Å². The topological polar surface area (TPSA) is 69.6 Å². The summed E-state index contributed by atoms with van der Waals surface area (Å²) in [6.07, 6.45) is 0. The number of benzene rings is 2. The number of amides is 1. The van der Waals surface area contributed by atoms with Gasteiger partial charge in [-0.15, -0.1) is 0 Å². The molecule has 154 valence electrons. The second-order valence-corrected chi connectivity index (χ2v) is 6.46. The molecule has 0 saturated carbocycles.